The minimum atomic E-state index is -0.0683. The van der Waals surface area contributed by atoms with Gasteiger partial charge in [-0.3, -0.25) is 4.98 Å². The molecule has 108 valence electrons. The van der Waals surface area contributed by atoms with Crippen molar-refractivity contribution in [3.8, 4) is 5.69 Å². The van der Waals surface area contributed by atoms with Crippen molar-refractivity contribution < 1.29 is 5.11 Å². The van der Waals surface area contributed by atoms with E-state index in [1.165, 1.54) is 5.69 Å². The minimum absolute atomic E-state index is 0.0683. The van der Waals surface area contributed by atoms with Crippen LogP contribution >= 0.6 is 0 Å². The number of para-hydroxylation sites is 1. The number of aryl methyl sites for hydroxylation is 2. The summed E-state index contributed by atoms with van der Waals surface area (Å²) in [6.07, 6.45) is 1.83. The fourth-order valence-corrected chi connectivity index (χ4v) is 2.57. The molecule has 4 nitrogen and oxygen atoms in total. The average Bonchev–Trinajstić information content (AvgIpc) is 2.97. The fourth-order valence-electron chi connectivity index (χ4n) is 2.57. The molecule has 0 saturated heterocycles. The van der Waals surface area contributed by atoms with Gasteiger partial charge in [-0.1, -0.05) is 32.0 Å². The smallest absolute Gasteiger partial charge is 0.0854 e. The van der Waals surface area contributed by atoms with Gasteiger partial charge in [-0.2, -0.15) is 5.10 Å². The lowest BCUT2D eigenvalue weighted by Gasteiger charge is -2.11. The van der Waals surface area contributed by atoms with Crippen molar-refractivity contribution in [3.63, 3.8) is 0 Å². The number of pyridine rings is 1. The molecule has 0 aliphatic carbocycles. The Morgan fingerprint density at radius 2 is 1.86 bits per heavy atom. The second-order valence-corrected chi connectivity index (χ2v) is 5.05. The van der Waals surface area contributed by atoms with E-state index in [0.717, 1.165) is 35.1 Å². The van der Waals surface area contributed by atoms with Crippen LogP contribution in [0.2, 0.25) is 0 Å². The van der Waals surface area contributed by atoms with Gasteiger partial charge in [-0.15, -0.1) is 0 Å². The van der Waals surface area contributed by atoms with Crippen molar-refractivity contribution >= 4 is 10.9 Å². The van der Waals surface area contributed by atoms with Crippen LogP contribution in [0.3, 0.4) is 0 Å². The van der Waals surface area contributed by atoms with Gasteiger partial charge >= 0.3 is 0 Å². The normalized spacial score (nSPS) is 11.2. The van der Waals surface area contributed by atoms with Crippen LogP contribution in [-0.2, 0) is 19.4 Å². The van der Waals surface area contributed by atoms with Crippen molar-refractivity contribution in [3.05, 3.63) is 53.5 Å². The van der Waals surface area contributed by atoms with Crippen LogP contribution in [0, 0.1) is 0 Å². The molecule has 2 heterocycles. The first-order valence-corrected chi connectivity index (χ1v) is 7.34. The molecule has 0 bridgehead atoms. The minimum Gasteiger partial charge on any atom is -0.390 e. The number of rotatable bonds is 4. The lowest BCUT2D eigenvalue weighted by atomic mass is 10.1. The van der Waals surface area contributed by atoms with Crippen molar-refractivity contribution in [1.29, 1.82) is 0 Å². The van der Waals surface area contributed by atoms with Crippen LogP contribution in [0.25, 0.3) is 16.6 Å². The summed E-state index contributed by atoms with van der Waals surface area (Å²) < 4.78 is 1.99. The molecule has 0 amide bonds. The van der Waals surface area contributed by atoms with E-state index in [1.54, 1.807) is 0 Å². The largest absolute Gasteiger partial charge is 0.390 e. The van der Waals surface area contributed by atoms with E-state index in [0.29, 0.717) is 5.69 Å². The number of fused-ring (bicyclic) bond motifs is 1. The molecule has 3 rings (SSSR count). The van der Waals surface area contributed by atoms with E-state index in [9.17, 15) is 5.11 Å². The lowest BCUT2D eigenvalue weighted by molar-refractivity contribution is 0.277. The Hall–Kier alpha value is -2.20. The zero-order valence-electron chi connectivity index (χ0n) is 12.4. The predicted molar refractivity (Wildman–Crippen MR) is 83.5 cm³/mol. The Balaban J connectivity index is 2.30. The molecule has 0 radical (unpaired) electrons. The van der Waals surface area contributed by atoms with Gasteiger partial charge in [0, 0.05) is 11.1 Å². The lowest BCUT2D eigenvalue weighted by Crippen LogP contribution is -2.05. The molecule has 1 aromatic carbocycles. The molecule has 0 saturated carbocycles. The monoisotopic (exact) mass is 281 g/mol. The fraction of sp³-hybridized carbons (Fsp3) is 0.294. The van der Waals surface area contributed by atoms with Crippen LogP contribution < -0.4 is 0 Å². The second-order valence-electron chi connectivity index (χ2n) is 5.05. The van der Waals surface area contributed by atoms with Crippen molar-refractivity contribution in [2.24, 2.45) is 0 Å². The first kappa shape index (κ1) is 13.8. The Kier molecular flexibility index (Phi) is 3.71. The van der Waals surface area contributed by atoms with Crippen LogP contribution in [0.4, 0.5) is 0 Å². The highest BCUT2D eigenvalue weighted by molar-refractivity contribution is 5.87. The number of aromatic nitrogens is 3. The van der Waals surface area contributed by atoms with Gasteiger partial charge in [-0.05, 0) is 31.0 Å². The third-order valence-electron chi connectivity index (χ3n) is 3.70. The van der Waals surface area contributed by atoms with Crippen LogP contribution in [0.5, 0.6) is 0 Å². The van der Waals surface area contributed by atoms with Crippen LogP contribution in [0.15, 0.2) is 36.4 Å². The molecular formula is C17H19N3O. The summed E-state index contributed by atoms with van der Waals surface area (Å²) in [5.41, 5.74) is 4.79. The third-order valence-corrected chi connectivity index (χ3v) is 3.70. The summed E-state index contributed by atoms with van der Waals surface area (Å²) in [4.78, 5) is 4.47. The summed E-state index contributed by atoms with van der Waals surface area (Å²) >= 11 is 0. The first-order chi connectivity index (χ1) is 10.3. The van der Waals surface area contributed by atoms with Gasteiger partial charge < -0.3 is 5.11 Å². The molecule has 0 atom stereocenters. The summed E-state index contributed by atoms with van der Waals surface area (Å²) in [5.74, 6) is 0. The first-order valence-electron chi connectivity index (χ1n) is 7.34. The average molecular weight is 281 g/mol. The van der Waals surface area contributed by atoms with Gasteiger partial charge in [0.25, 0.3) is 0 Å². The molecule has 3 aromatic rings. The molecule has 0 aliphatic heterocycles. The SMILES string of the molecule is CCc1cc(CC)n(-c2cc(CO)nc3ccccc23)n1. The van der Waals surface area contributed by atoms with Gasteiger partial charge in [0.05, 0.1) is 29.2 Å². The molecule has 0 fully saturated rings. The number of hydrogen-bond donors (Lipinski definition) is 1. The maximum absolute atomic E-state index is 9.45. The number of nitrogens with zero attached hydrogens (tertiary/aromatic N) is 3. The highest BCUT2D eigenvalue weighted by Crippen LogP contribution is 2.24. The molecule has 4 heteroatoms. The number of aliphatic hydroxyl groups is 1. The molecular weight excluding hydrogens is 262 g/mol. The zero-order valence-corrected chi connectivity index (χ0v) is 12.4. The van der Waals surface area contributed by atoms with E-state index in [1.807, 2.05) is 35.0 Å². The number of benzene rings is 1. The predicted octanol–water partition coefficient (Wildman–Crippen LogP) is 3.04. The maximum atomic E-state index is 9.45. The molecule has 1 N–H and O–H groups in total. The van der Waals surface area contributed by atoms with Gasteiger partial charge in [0.2, 0.25) is 0 Å². The summed E-state index contributed by atoms with van der Waals surface area (Å²) in [6.45, 7) is 4.17. The van der Waals surface area contributed by atoms with Crippen LogP contribution in [0.1, 0.15) is 30.9 Å². The highest BCUT2D eigenvalue weighted by atomic mass is 16.3. The Morgan fingerprint density at radius 3 is 2.57 bits per heavy atom. The number of aliphatic hydroxyl groups excluding tert-OH is 1. The van der Waals surface area contributed by atoms with Crippen molar-refractivity contribution in [2.75, 3.05) is 0 Å². The summed E-state index contributed by atoms with van der Waals surface area (Å²) in [7, 11) is 0. The van der Waals surface area contributed by atoms with Crippen molar-refractivity contribution in [2.45, 2.75) is 33.3 Å². The van der Waals surface area contributed by atoms with Gasteiger partial charge in [0.15, 0.2) is 0 Å². The maximum Gasteiger partial charge on any atom is 0.0854 e. The summed E-state index contributed by atoms with van der Waals surface area (Å²) in [5, 5.41) is 15.2. The van der Waals surface area contributed by atoms with E-state index in [4.69, 9.17) is 5.10 Å². The molecule has 21 heavy (non-hydrogen) atoms. The standard InChI is InChI=1S/C17H19N3O/c1-3-12-9-14(4-2)20(19-12)17-10-13(11-21)18-16-8-6-5-7-15(16)17/h5-10,21H,3-4,11H2,1-2H3. The molecule has 0 spiro atoms. The van der Waals surface area contributed by atoms with E-state index < -0.39 is 0 Å². The molecule has 0 unspecified atom stereocenters. The van der Waals surface area contributed by atoms with Gasteiger partial charge in [-0.25, -0.2) is 4.68 Å². The third kappa shape index (κ3) is 2.43. The quantitative estimate of drug-likeness (QED) is 0.799. The topological polar surface area (TPSA) is 50.9 Å². The Labute approximate surface area is 124 Å². The Morgan fingerprint density at radius 1 is 1.05 bits per heavy atom. The molecule has 2 aromatic heterocycles. The number of hydrogen-bond acceptors (Lipinski definition) is 3. The molecule has 0 aliphatic rings. The van der Waals surface area contributed by atoms with E-state index in [-0.39, 0.29) is 6.61 Å². The highest BCUT2D eigenvalue weighted by Gasteiger charge is 2.12. The summed E-state index contributed by atoms with van der Waals surface area (Å²) in [6, 6.07) is 12.0. The second kappa shape index (κ2) is 5.66. The zero-order chi connectivity index (χ0) is 14.8. The van der Waals surface area contributed by atoms with Crippen molar-refractivity contribution in [1.82, 2.24) is 14.8 Å². The van der Waals surface area contributed by atoms with E-state index >= 15 is 0 Å². The Bertz CT molecular complexity index is 777. The van der Waals surface area contributed by atoms with Gasteiger partial charge in [0.1, 0.15) is 0 Å². The van der Waals surface area contributed by atoms with Crippen LogP contribution in [-0.4, -0.2) is 19.9 Å². The van der Waals surface area contributed by atoms with E-state index in [2.05, 4.69) is 24.9 Å².